The minimum absolute atomic E-state index is 0.153. The summed E-state index contributed by atoms with van der Waals surface area (Å²) in [6.07, 6.45) is 1.04. The van der Waals surface area contributed by atoms with E-state index in [0.717, 1.165) is 11.3 Å². The molecule has 0 radical (unpaired) electrons. The van der Waals surface area contributed by atoms with Crippen molar-refractivity contribution >= 4 is 23.3 Å². The van der Waals surface area contributed by atoms with Gasteiger partial charge >= 0.3 is 6.03 Å². The van der Waals surface area contributed by atoms with Gasteiger partial charge in [0, 0.05) is 30.9 Å². The van der Waals surface area contributed by atoms with Crippen LogP contribution in [0, 0.1) is 6.92 Å². The number of carbonyl (C=O) groups is 1. The summed E-state index contributed by atoms with van der Waals surface area (Å²) in [4.78, 5) is 13.9. The largest absolute Gasteiger partial charge is 0.387 e. The molecule has 1 aliphatic rings. The van der Waals surface area contributed by atoms with Crippen molar-refractivity contribution in [3.05, 3.63) is 28.8 Å². The predicted molar refractivity (Wildman–Crippen MR) is 82.8 cm³/mol. The number of likely N-dealkylation sites (tertiary alicyclic amines) is 1. The molecular formula is C15H21ClN2O3. The molecule has 1 fully saturated rings. The number of benzene rings is 1. The van der Waals surface area contributed by atoms with Gasteiger partial charge in [0.15, 0.2) is 0 Å². The number of nitrogens with one attached hydrogen (secondary N) is 1. The van der Waals surface area contributed by atoms with Crippen molar-refractivity contribution < 1.29 is 14.6 Å². The van der Waals surface area contributed by atoms with Crippen LogP contribution in [-0.2, 0) is 4.74 Å². The van der Waals surface area contributed by atoms with E-state index >= 15 is 0 Å². The van der Waals surface area contributed by atoms with Gasteiger partial charge in [-0.25, -0.2) is 4.79 Å². The van der Waals surface area contributed by atoms with Crippen molar-refractivity contribution in [3.63, 3.8) is 0 Å². The molecule has 0 aliphatic carbocycles. The molecule has 1 aliphatic heterocycles. The smallest absolute Gasteiger partial charge is 0.321 e. The lowest BCUT2D eigenvalue weighted by Gasteiger charge is -2.37. The van der Waals surface area contributed by atoms with Crippen molar-refractivity contribution in [2.24, 2.45) is 0 Å². The van der Waals surface area contributed by atoms with E-state index in [-0.39, 0.29) is 6.03 Å². The summed E-state index contributed by atoms with van der Waals surface area (Å²) in [5.74, 6) is 0. The minimum Gasteiger partial charge on any atom is -0.387 e. The van der Waals surface area contributed by atoms with E-state index in [1.54, 1.807) is 24.1 Å². The van der Waals surface area contributed by atoms with Gasteiger partial charge in [0.1, 0.15) is 0 Å². The Kier molecular flexibility index (Phi) is 5.08. The van der Waals surface area contributed by atoms with Gasteiger partial charge in [0.05, 0.1) is 12.2 Å². The van der Waals surface area contributed by atoms with E-state index in [4.69, 9.17) is 16.3 Å². The maximum absolute atomic E-state index is 12.2. The van der Waals surface area contributed by atoms with E-state index in [1.807, 2.05) is 13.0 Å². The van der Waals surface area contributed by atoms with Gasteiger partial charge < -0.3 is 20.1 Å². The number of piperidine rings is 1. The minimum atomic E-state index is -0.818. The number of anilines is 1. The highest BCUT2D eigenvalue weighted by Gasteiger charge is 2.33. The summed E-state index contributed by atoms with van der Waals surface area (Å²) in [5, 5.41) is 13.8. The molecule has 116 valence electrons. The van der Waals surface area contributed by atoms with Gasteiger partial charge in [-0.05, 0) is 43.5 Å². The van der Waals surface area contributed by atoms with Crippen molar-refractivity contribution in [2.45, 2.75) is 25.4 Å². The molecule has 2 amide bonds. The molecule has 0 spiro atoms. The first kappa shape index (κ1) is 16.1. The monoisotopic (exact) mass is 312 g/mol. The van der Waals surface area contributed by atoms with E-state index in [0.29, 0.717) is 37.6 Å². The molecule has 0 unspecified atom stereocenters. The number of halogens is 1. The number of nitrogens with zero attached hydrogens (tertiary/aromatic N) is 1. The average Bonchev–Trinajstić information content (AvgIpc) is 2.42. The molecule has 1 heterocycles. The highest BCUT2D eigenvalue weighted by molar-refractivity contribution is 6.30. The van der Waals surface area contributed by atoms with Crippen LogP contribution in [0.2, 0.25) is 5.02 Å². The van der Waals surface area contributed by atoms with Crippen LogP contribution in [0.15, 0.2) is 18.2 Å². The van der Waals surface area contributed by atoms with Gasteiger partial charge in [-0.15, -0.1) is 0 Å². The van der Waals surface area contributed by atoms with Gasteiger partial charge in [-0.1, -0.05) is 11.6 Å². The zero-order chi connectivity index (χ0) is 15.5. The van der Waals surface area contributed by atoms with Crippen LogP contribution in [0.3, 0.4) is 0 Å². The number of carbonyl (C=O) groups excluding carboxylic acids is 1. The molecule has 1 aromatic rings. The van der Waals surface area contributed by atoms with Crippen LogP contribution in [-0.4, -0.2) is 48.4 Å². The number of hydrogen-bond donors (Lipinski definition) is 2. The average molecular weight is 313 g/mol. The lowest BCUT2D eigenvalue weighted by Crippen LogP contribution is -2.49. The van der Waals surface area contributed by atoms with Gasteiger partial charge in [0.25, 0.3) is 0 Å². The Morgan fingerprint density at radius 1 is 1.48 bits per heavy atom. The first-order chi connectivity index (χ1) is 9.93. The number of methoxy groups -OCH3 is 1. The second-order valence-electron chi connectivity index (χ2n) is 5.53. The van der Waals surface area contributed by atoms with Crippen LogP contribution in [0.1, 0.15) is 18.4 Å². The number of hydrogen-bond acceptors (Lipinski definition) is 3. The Bertz CT molecular complexity index is 514. The fourth-order valence-electron chi connectivity index (χ4n) is 2.50. The molecule has 21 heavy (non-hydrogen) atoms. The van der Waals surface area contributed by atoms with Crippen LogP contribution in [0.5, 0.6) is 0 Å². The Morgan fingerprint density at radius 2 is 2.14 bits per heavy atom. The molecule has 5 nitrogen and oxygen atoms in total. The van der Waals surface area contributed by atoms with Crippen molar-refractivity contribution in [1.82, 2.24) is 4.90 Å². The molecule has 1 aromatic carbocycles. The van der Waals surface area contributed by atoms with Gasteiger partial charge in [-0.3, -0.25) is 0 Å². The van der Waals surface area contributed by atoms with Crippen LogP contribution in [0.4, 0.5) is 10.5 Å². The first-order valence-electron chi connectivity index (χ1n) is 6.97. The second kappa shape index (κ2) is 6.64. The van der Waals surface area contributed by atoms with E-state index in [9.17, 15) is 9.90 Å². The molecule has 2 N–H and O–H groups in total. The van der Waals surface area contributed by atoms with Gasteiger partial charge in [-0.2, -0.15) is 0 Å². The van der Waals surface area contributed by atoms with E-state index < -0.39 is 5.60 Å². The SMILES string of the molecule is COCC1(O)CCN(C(=O)Nc2ccc(Cl)cc2C)CC1. The van der Waals surface area contributed by atoms with E-state index in [2.05, 4.69) is 5.32 Å². The number of rotatable bonds is 3. The zero-order valence-corrected chi connectivity index (χ0v) is 13.1. The van der Waals surface area contributed by atoms with Crippen LogP contribution >= 0.6 is 11.6 Å². The molecule has 0 bridgehead atoms. The third-order valence-electron chi connectivity index (χ3n) is 3.82. The lowest BCUT2D eigenvalue weighted by atomic mass is 9.92. The third-order valence-corrected chi connectivity index (χ3v) is 4.06. The quantitative estimate of drug-likeness (QED) is 0.902. The molecule has 0 aromatic heterocycles. The number of ether oxygens (including phenoxy) is 1. The van der Waals surface area contributed by atoms with Crippen molar-refractivity contribution in [1.29, 1.82) is 0 Å². The standard InChI is InChI=1S/C15H21ClN2O3/c1-11-9-12(16)3-4-13(11)17-14(19)18-7-5-15(20,6-8-18)10-21-2/h3-4,9,20H,5-8,10H2,1-2H3,(H,17,19). The van der Waals surface area contributed by atoms with Gasteiger partial charge in [0.2, 0.25) is 0 Å². The predicted octanol–water partition coefficient (Wildman–Crippen LogP) is 2.65. The molecule has 1 saturated heterocycles. The highest BCUT2D eigenvalue weighted by atomic mass is 35.5. The molecule has 0 atom stereocenters. The second-order valence-corrected chi connectivity index (χ2v) is 5.97. The summed E-state index contributed by atoms with van der Waals surface area (Å²) in [6, 6.07) is 5.20. The Morgan fingerprint density at radius 3 is 2.71 bits per heavy atom. The number of aliphatic hydroxyl groups is 1. The summed E-state index contributed by atoms with van der Waals surface area (Å²) in [6.45, 7) is 3.23. The van der Waals surface area contributed by atoms with Crippen LogP contribution in [0.25, 0.3) is 0 Å². The fourth-order valence-corrected chi connectivity index (χ4v) is 2.73. The summed E-state index contributed by atoms with van der Waals surface area (Å²) >= 11 is 5.90. The molecule has 0 saturated carbocycles. The Balaban J connectivity index is 1.93. The summed E-state index contributed by atoms with van der Waals surface area (Å²) in [7, 11) is 1.57. The molecule has 6 heteroatoms. The topological polar surface area (TPSA) is 61.8 Å². The summed E-state index contributed by atoms with van der Waals surface area (Å²) < 4.78 is 5.02. The Labute approximate surface area is 129 Å². The number of urea groups is 1. The highest BCUT2D eigenvalue weighted by Crippen LogP contribution is 2.24. The van der Waals surface area contributed by atoms with E-state index in [1.165, 1.54) is 0 Å². The normalized spacial score (nSPS) is 17.6. The lowest BCUT2D eigenvalue weighted by molar-refractivity contribution is -0.0642. The number of amides is 2. The fraction of sp³-hybridized carbons (Fsp3) is 0.533. The van der Waals surface area contributed by atoms with Crippen molar-refractivity contribution in [3.8, 4) is 0 Å². The Hall–Kier alpha value is -1.30. The third kappa shape index (κ3) is 4.09. The van der Waals surface area contributed by atoms with Crippen LogP contribution < -0.4 is 5.32 Å². The maximum Gasteiger partial charge on any atom is 0.321 e. The molecular weight excluding hydrogens is 292 g/mol. The first-order valence-corrected chi connectivity index (χ1v) is 7.35. The van der Waals surface area contributed by atoms with Crippen molar-refractivity contribution in [2.75, 3.05) is 32.1 Å². The maximum atomic E-state index is 12.2. The zero-order valence-electron chi connectivity index (χ0n) is 12.4. The number of aryl methyl sites for hydroxylation is 1. The summed E-state index contributed by atoms with van der Waals surface area (Å²) in [5.41, 5.74) is 0.854. The molecule has 2 rings (SSSR count).